The molecule has 1 aliphatic carbocycles. The van der Waals surface area contributed by atoms with Gasteiger partial charge in [0, 0.05) is 11.2 Å². The van der Waals surface area contributed by atoms with E-state index in [1.807, 2.05) is 6.07 Å². The lowest BCUT2D eigenvalue weighted by molar-refractivity contribution is -0.189. The second-order valence-electron chi connectivity index (χ2n) is 6.20. The normalized spacial score (nSPS) is 21.9. The number of hydrogen-bond donors (Lipinski definition) is 1. The van der Waals surface area contributed by atoms with Crippen LogP contribution in [-0.4, -0.2) is 34.2 Å². The van der Waals surface area contributed by atoms with Crippen molar-refractivity contribution in [3.63, 3.8) is 0 Å². The van der Waals surface area contributed by atoms with Crippen molar-refractivity contribution in [2.75, 3.05) is 6.54 Å². The first kappa shape index (κ1) is 21.5. The first-order chi connectivity index (χ1) is 12.6. The molecule has 1 aliphatic rings. The van der Waals surface area contributed by atoms with E-state index in [1.54, 1.807) is 0 Å². The molecular formula is C17H18ClF3N2O3S. The highest BCUT2D eigenvalue weighted by Gasteiger charge is 2.38. The molecule has 1 aromatic rings. The van der Waals surface area contributed by atoms with E-state index in [0.29, 0.717) is 24.2 Å². The van der Waals surface area contributed by atoms with Crippen LogP contribution in [-0.2, 0) is 15.6 Å². The Labute approximate surface area is 162 Å². The average Bonchev–Trinajstić information content (AvgIpc) is 3.08. The van der Waals surface area contributed by atoms with Gasteiger partial charge >= 0.3 is 6.18 Å². The van der Waals surface area contributed by atoms with Gasteiger partial charge in [-0.25, -0.2) is 0 Å². The largest absolute Gasteiger partial charge is 0.481 e. The van der Waals surface area contributed by atoms with E-state index >= 15 is 0 Å². The summed E-state index contributed by atoms with van der Waals surface area (Å²) >= 11 is 6.10. The number of nitrogens with one attached hydrogen (secondary N) is 1. The molecule has 0 saturated heterocycles. The van der Waals surface area contributed by atoms with Gasteiger partial charge in [0.2, 0.25) is 5.91 Å². The maximum atomic E-state index is 12.8. The van der Waals surface area contributed by atoms with Crippen LogP contribution < -0.4 is 10.1 Å². The van der Waals surface area contributed by atoms with Crippen LogP contribution in [0.1, 0.15) is 26.2 Å². The minimum absolute atomic E-state index is 0.0533. The van der Waals surface area contributed by atoms with Crippen molar-refractivity contribution in [1.82, 2.24) is 5.32 Å². The predicted octanol–water partition coefficient (Wildman–Crippen LogP) is 3.59. The number of carbonyl (C=O) groups excluding carboxylic acids is 1. The fourth-order valence-corrected chi connectivity index (χ4v) is 4.78. The van der Waals surface area contributed by atoms with Crippen LogP contribution in [0, 0.1) is 17.2 Å². The number of nitrogens with zero attached hydrogens (tertiary/aromatic N) is 1. The molecule has 0 radical (unpaired) electrons. The molecule has 1 unspecified atom stereocenters. The second-order valence-corrected chi connectivity index (χ2v) is 8.31. The van der Waals surface area contributed by atoms with E-state index in [4.69, 9.17) is 21.6 Å². The third-order valence-electron chi connectivity index (χ3n) is 4.29. The maximum absolute atomic E-state index is 12.8. The molecule has 0 aliphatic heterocycles. The van der Waals surface area contributed by atoms with E-state index in [0.717, 1.165) is 6.92 Å². The van der Waals surface area contributed by atoms with E-state index in [1.165, 1.54) is 18.2 Å². The molecule has 0 bridgehead atoms. The molecule has 0 aromatic heterocycles. The summed E-state index contributed by atoms with van der Waals surface area (Å²) in [7, 11) is -1.51. The van der Waals surface area contributed by atoms with Gasteiger partial charge in [-0.15, -0.1) is 0 Å². The number of amides is 1. The number of carbonyl (C=O) groups is 1. The third kappa shape index (κ3) is 5.59. The Morgan fingerprint density at radius 1 is 1.48 bits per heavy atom. The number of halogens is 4. The minimum atomic E-state index is -4.50. The summed E-state index contributed by atoms with van der Waals surface area (Å²) in [5.41, 5.74) is 0. The minimum Gasteiger partial charge on any atom is -0.481 e. The van der Waals surface area contributed by atoms with Gasteiger partial charge in [0.25, 0.3) is 0 Å². The topological polar surface area (TPSA) is 79.2 Å². The Morgan fingerprint density at radius 2 is 2.19 bits per heavy atom. The summed E-state index contributed by atoms with van der Waals surface area (Å²) in [5.74, 6) is -0.626. The fourth-order valence-electron chi connectivity index (χ4n) is 2.81. The van der Waals surface area contributed by atoms with E-state index in [-0.39, 0.29) is 34.4 Å². The number of hydrogen-bond acceptors (Lipinski definition) is 4. The highest BCUT2D eigenvalue weighted by atomic mass is 35.5. The molecule has 2 rings (SSSR count). The first-order valence-corrected chi connectivity index (χ1v) is 9.80. The van der Waals surface area contributed by atoms with Crippen molar-refractivity contribution in [3.05, 3.63) is 23.2 Å². The molecule has 4 atom stereocenters. The molecule has 1 aromatic carbocycles. The Bertz CT molecular complexity index is 767. The average molecular weight is 423 g/mol. The Hall–Kier alpha value is -1.79. The van der Waals surface area contributed by atoms with Crippen molar-refractivity contribution >= 4 is 28.3 Å². The molecule has 1 saturated carbocycles. The highest BCUT2D eigenvalue weighted by Crippen LogP contribution is 2.35. The van der Waals surface area contributed by atoms with Crippen molar-refractivity contribution in [2.24, 2.45) is 5.92 Å². The molecule has 0 heterocycles. The van der Waals surface area contributed by atoms with Gasteiger partial charge in [0.05, 0.1) is 26.8 Å². The predicted molar refractivity (Wildman–Crippen MR) is 93.8 cm³/mol. The van der Waals surface area contributed by atoms with Crippen LogP contribution in [0.15, 0.2) is 23.1 Å². The Morgan fingerprint density at radius 3 is 2.78 bits per heavy atom. The SMILES string of the molecule is C[C@@H](Oc1ccc(S(=O)[C@H]2CC[C@H](C(=O)NCC#N)C2)c(Cl)c1)C(F)(F)F. The number of alkyl halides is 3. The van der Waals surface area contributed by atoms with E-state index in [2.05, 4.69) is 5.32 Å². The van der Waals surface area contributed by atoms with Crippen molar-refractivity contribution in [1.29, 1.82) is 5.26 Å². The first-order valence-electron chi connectivity index (χ1n) is 8.21. The smallest absolute Gasteiger partial charge is 0.425 e. The molecule has 148 valence electrons. The van der Waals surface area contributed by atoms with Gasteiger partial charge < -0.3 is 10.1 Å². The molecule has 27 heavy (non-hydrogen) atoms. The lowest BCUT2D eigenvalue weighted by Gasteiger charge is -2.18. The molecule has 10 heteroatoms. The van der Waals surface area contributed by atoms with Crippen LogP contribution in [0.4, 0.5) is 13.2 Å². The summed E-state index contributed by atoms with van der Waals surface area (Å²) in [6, 6.07) is 5.72. The lowest BCUT2D eigenvalue weighted by Crippen LogP contribution is -2.31. The standard InChI is InChI=1S/C17H18ClF3N2O3S/c1-10(17(19,20)21)26-12-3-5-15(14(18)9-12)27(25)13-4-2-11(8-13)16(24)23-7-6-22/h3,5,9-11,13H,2,4,7-8H2,1H3,(H,23,24)/t10-,11+,13+,27?/m1/s1. The molecule has 1 fully saturated rings. The van der Waals surface area contributed by atoms with Crippen molar-refractivity contribution in [3.8, 4) is 11.8 Å². The van der Waals surface area contributed by atoms with Crippen LogP contribution in [0.3, 0.4) is 0 Å². The maximum Gasteiger partial charge on any atom is 0.425 e. The zero-order valence-corrected chi connectivity index (χ0v) is 16.0. The Balaban J connectivity index is 2.03. The third-order valence-corrected chi connectivity index (χ3v) is 6.54. The van der Waals surface area contributed by atoms with Crippen molar-refractivity contribution < 1.29 is 26.9 Å². The monoisotopic (exact) mass is 422 g/mol. The summed E-state index contributed by atoms with van der Waals surface area (Å²) in [6.07, 6.45) is -5.00. The van der Waals surface area contributed by atoms with Crippen molar-refractivity contribution in [2.45, 2.75) is 48.6 Å². The second kappa shape index (κ2) is 8.93. The van der Waals surface area contributed by atoms with Gasteiger partial charge in [-0.1, -0.05) is 11.6 Å². The molecular weight excluding hydrogens is 405 g/mol. The molecule has 0 spiro atoms. The summed E-state index contributed by atoms with van der Waals surface area (Å²) in [4.78, 5) is 12.2. The summed E-state index contributed by atoms with van der Waals surface area (Å²) < 4.78 is 55.3. The Kier molecular flexibility index (Phi) is 7.12. The summed E-state index contributed by atoms with van der Waals surface area (Å²) in [5, 5.41) is 10.8. The molecule has 5 nitrogen and oxygen atoms in total. The number of benzene rings is 1. The van der Waals surface area contributed by atoms with Gasteiger partial charge in [-0.3, -0.25) is 9.00 Å². The zero-order valence-electron chi connectivity index (χ0n) is 14.4. The van der Waals surface area contributed by atoms with Crippen LogP contribution in [0.2, 0.25) is 5.02 Å². The lowest BCUT2D eigenvalue weighted by atomic mass is 10.1. The number of ether oxygens (including phenoxy) is 1. The number of rotatable bonds is 6. The highest BCUT2D eigenvalue weighted by molar-refractivity contribution is 7.85. The van der Waals surface area contributed by atoms with Crippen LogP contribution in [0.25, 0.3) is 0 Å². The molecule has 1 amide bonds. The van der Waals surface area contributed by atoms with E-state index in [9.17, 15) is 22.2 Å². The summed E-state index contributed by atoms with van der Waals surface area (Å²) in [6.45, 7) is 0.808. The number of nitriles is 1. The van der Waals surface area contributed by atoms with Gasteiger partial charge in [-0.2, -0.15) is 18.4 Å². The van der Waals surface area contributed by atoms with Gasteiger partial charge in [-0.05, 0) is 44.4 Å². The van der Waals surface area contributed by atoms with Gasteiger partial charge in [0.15, 0.2) is 6.10 Å². The fraction of sp³-hybridized carbons (Fsp3) is 0.529. The molecule has 1 N–H and O–H groups in total. The van der Waals surface area contributed by atoms with Crippen LogP contribution in [0.5, 0.6) is 5.75 Å². The zero-order chi connectivity index (χ0) is 20.2. The van der Waals surface area contributed by atoms with Gasteiger partial charge in [0.1, 0.15) is 12.3 Å². The van der Waals surface area contributed by atoms with Crippen LogP contribution >= 0.6 is 11.6 Å². The quantitative estimate of drug-likeness (QED) is 0.710. The van der Waals surface area contributed by atoms with E-state index < -0.39 is 23.1 Å².